The first kappa shape index (κ1) is 18.3. The molecule has 1 aliphatic rings. The molecule has 26 heavy (non-hydrogen) atoms. The molecule has 1 aliphatic heterocycles. The van der Waals surface area contributed by atoms with Crippen LogP contribution >= 0.6 is 11.6 Å². The largest absolute Gasteiger partial charge is 0.471 e. The molecule has 0 radical (unpaired) electrons. The molecule has 1 aromatic heterocycles. The van der Waals surface area contributed by atoms with E-state index in [1.165, 1.54) is 0 Å². The summed E-state index contributed by atoms with van der Waals surface area (Å²) in [6, 6.07) is 10.2. The predicted molar refractivity (Wildman–Crippen MR) is 97.3 cm³/mol. The number of piperidine rings is 1. The number of halogens is 1. The number of rotatable bonds is 6. The molecule has 6 nitrogen and oxygen atoms in total. The molecule has 3 rings (SSSR count). The van der Waals surface area contributed by atoms with E-state index < -0.39 is 0 Å². The Morgan fingerprint density at radius 3 is 2.73 bits per heavy atom. The molecule has 1 atom stereocenters. The van der Waals surface area contributed by atoms with Gasteiger partial charge in [0.1, 0.15) is 6.10 Å². The zero-order valence-electron chi connectivity index (χ0n) is 14.3. The number of hydrogen-bond donors (Lipinski definition) is 0. The number of carbonyl (C=O) groups excluding carboxylic acids is 2. The summed E-state index contributed by atoms with van der Waals surface area (Å²) in [5.74, 6) is 0.379. The van der Waals surface area contributed by atoms with Crippen LogP contribution in [0, 0.1) is 0 Å². The number of likely N-dealkylation sites (tertiary alicyclic amines) is 1. The normalized spacial score (nSPS) is 17.0. The minimum Gasteiger partial charge on any atom is -0.471 e. The maximum Gasteiger partial charge on any atom is 0.233 e. The molecule has 0 spiro atoms. The highest BCUT2D eigenvalue weighted by atomic mass is 35.5. The van der Waals surface area contributed by atoms with Crippen LogP contribution in [-0.2, 0) is 4.79 Å². The van der Waals surface area contributed by atoms with Crippen LogP contribution in [0.2, 0.25) is 5.02 Å². The minimum absolute atomic E-state index is 0.0280. The topological polar surface area (TPSA) is 72.4 Å². The van der Waals surface area contributed by atoms with Crippen molar-refractivity contribution in [2.24, 2.45) is 0 Å². The van der Waals surface area contributed by atoms with Crippen LogP contribution in [0.4, 0.5) is 0 Å². The number of nitrogens with zero attached hydrogens (tertiary/aromatic N) is 3. The highest BCUT2D eigenvalue weighted by molar-refractivity contribution is 6.30. The van der Waals surface area contributed by atoms with Crippen LogP contribution in [0.25, 0.3) is 0 Å². The van der Waals surface area contributed by atoms with Gasteiger partial charge in [0.25, 0.3) is 0 Å². The quantitative estimate of drug-likeness (QED) is 0.727. The molecule has 1 fully saturated rings. The van der Waals surface area contributed by atoms with E-state index in [-0.39, 0.29) is 30.6 Å². The van der Waals surface area contributed by atoms with Crippen LogP contribution in [0.3, 0.4) is 0 Å². The molecule has 1 unspecified atom stereocenters. The van der Waals surface area contributed by atoms with E-state index in [4.69, 9.17) is 16.3 Å². The van der Waals surface area contributed by atoms with Gasteiger partial charge < -0.3 is 9.64 Å². The molecular weight excluding hydrogens is 354 g/mol. The predicted octanol–water partition coefficient (Wildman–Crippen LogP) is 3.16. The van der Waals surface area contributed by atoms with Gasteiger partial charge in [0.15, 0.2) is 5.78 Å². The molecule has 7 heteroatoms. The van der Waals surface area contributed by atoms with Crippen molar-refractivity contribution >= 4 is 23.3 Å². The average Bonchev–Trinajstić information content (AvgIpc) is 2.67. The van der Waals surface area contributed by atoms with Crippen LogP contribution < -0.4 is 4.74 Å². The summed E-state index contributed by atoms with van der Waals surface area (Å²) >= 11 is 5.82. The summed E-state index contributed by atoms with van der Waals surface area (Å²) in [7, 11) is 0. The molecule has 0 aliphatic carbocycles. The highest BCUT2D eigenvalue weighted by Crippen LogP contribution is 2.18. The van der Waals surface area contributed by atoms with Crippen LogP contribution in [0.15, 0.2) is 42.6 Å². The van der Waals surface area contributed by atoms with Gasteiger partial charge in [0, 0.05) is 42.2 Å². The fraction of sp³-hybridized carbons (Fsp3) is 0.368. The van der Waals surface area contributed by atoms with Crippen molar-refractivity contribution in [3.63, 3.8) is 0 Å². The average molecular weight is 374 g/mol. The van der Waals surface area contributed by atoms with E-state index in [2.05, 4.69) is 10.2 Å². The fourth-order valence-corrected chi connectivity index (χ4v) is 3.07. The Labute approximate surface area is 157 Å². The third-order valence-corrected chi connectivity index (χ3v) is 4.55. The Kier molecular flexibility index (Phi) is 6.17. The summed E-state index contributed by atoms with van der Waals surface area (Å²) in [5, 5.41) is 8.28. The molecule has 136 valence electrons. The highest BCUT2D eigenvalue weighted by Gasteiger charge is 2.25. The van der Waals surface area contributed by atoms with Gasteiger partial charge in [-0.05, 0) is 43.2 Å². The first-order valence-corrected chi connectivity index (χ1v) is 9.00. The number of amides is 1. The number of ketones is 1. The number of aromatic nitrogens is 2. The van der Waals surface area contributed by atoms with E-state index in [0.717, 1.165) is 12.8 Å². The van der Waals surface area contributed by atoms with Gasteiger partial charge >= 0.3 is 0 Å². The molecule has 0 saturated carbocycles. The second kappa shape index (κ2) is 8.76. The lowest BCUT2D eigenvalue weighted by Gasteiger charge is -2.32. The van der Waals surface area contributed by atoms with Gasteiger partial charge in [-0.3, -0.25) is 9.59 Å². The van der Waals surface area contributed by atoms with Gasteiger partial charge in [-0.1, -0.05) is 11.6 Å². The third kappa shape index (κ3) is 5.02. The second-order valence-corrected chi connectivity index (χ2v) is 6.65. The first-order chi connectivity index (χ1) is 12.6. The number of ether oxygens (including phenoxy) is 1. The van der Waals surface area contributed by atoms with Crippen molar-refractivity contribution in [3.8, 4) is 5.88 Å². The lowest BCUT2D eigenvalue weighted by molar-refractivity contribution is -0.133. The van der Waals surface area contributed by atoms with Gasteiger partial charge in [-0.15, -0.1) is 5.10 Å². The van der Waals surface area contributed by atoms with Crippen molar-refractivity contribution in [3.05, 3.63) is 53.2 Å². The first-order valence-electron chi connectivity index (χ1n) is 8.63. The summed E-state index contributed by atoms with van der Waals surface area (Å²) in [5.41, 5.74) is 0.574. The van der Waals surface area contributed by atoms with Gasteiger partial charge in [0.05, 0.1) is 6.54 Å². The monoisotopic (exact) mass is 373 g/mol. The zero-order chi connectivity index (χ0) is 18.4. The van der Waals surface area contributed by atoms with Crippen LogP contribution in [-0.4, -0.2) is 46.0 Å². The van der Waals surface area contributed by atoms with E-state index in [0.29, 0.717) is 29.6 Å². The Hall–Kier alpha value is -2.47. The molecule has 2 aromatic rings. The number of Topliss-reactive ketones (excluding diaryl/α,β-unsaturated/α-hetero) is 1. The SMILES string of the molecule is O=C(CCC(=O)N1CCCC(Oc2cccnn2)C1)c1ccc(Cl)cc1. The van der Waals surface area contributed by atoms with Gasteiger partial charge in [-0.25, -0.2) is 0 Å². The fourth-order valence-electron chi connectivity index (χ4n) is 2.94. The Morgan fingerprint density at radius 1 is 1.19 bits per heavy atom. The van der Waals surface area contributed by atoms with Crippen molar-refractivity contribution in [2.45, 2.75) is 31.8 Å². The summed E-state index contributed by atoms with van der Waals surface area (Å²) in [6.07, 6.45) is 3.59. The van der Waals surface area contributed by atoms with Gasteiger partial charge in [0.2, 0.25) is 11.8 Å². The number of benzene rings is 1. The Morgan fingerprint density at radius 2 is 2.00 bits per heavy atom. The van der Waals surface area contributed by atoms with E-state index in [9.17, 15) is 9.59 Å². The zero-order valence-corrected chi connectivity index (χ0v) is 15.1. The van der Waals surface area contributed by atoms with Crippen molar-refractivity contribution < 1.29 is 14.3 Å². The molecule has 0 bridgehead atoms. The molecule has 0 N–H and O–H groups in total. The van der Waals surface area contributed by atoms with Crippen LogP contribution in [0.1, 0.15) is 36.0 Å². The summed E-state index contributed by atoms with van der Waals surface area (Å²) < 4.78 is 5.79. The molecule has 1 saturated heterocycles. The summed E-state index contributed by atoms with van der Waals surface area (Å²) in [6.45, 7) is 1.19. The van der Waals surface area contributed by atoms with Crippen molar-refractivity contribution in [1.82, 2.24) is 15.1 Å². The van der Waals surface area contributed by atoms with Gasteiger partial charge in [-0.2, -0.15) is 5.10 Å². The molecule has 1 amide bonds. The van der Waals surface area contributed by atoms with E-state index in [1.807, 2.05) is 0 Å². The van der Waals surface area contributed by atoms with Crippen molar-refractivity contribution in [1.29, 1.82) is 0 Å². The second-order valence-electron chi connectivity index (χ2n) is 6.21. The number of carbonyl (C=O) groups is 2. The molecular formula is C19H20ClN3O3. The lowest BCUT2D eigenvalue weighted by atomic mass is 10.0. The van der Waals surface area contributed by atoms with E-state index in [1.54, 1.807) is 47.5 Å². The van der Waals surface area contributed by atoms with Crippen molar-refractivity contribution in [2.75, 3.05) is 13.1 Å². The summed E-state index contributed by atoms with van der Waals surface area (Å²) in [4.78, 5) is 26.4. The number of hydrogen-bond acceptors (Lipinski definition) is 5. The molecule has 1 aromatic carbocycles. The van der Waals surface area contributed by atoms with Crippen LogP contribution in [0.5, 0.6) is 5.88 Å². The Bertz CT molecular complexity index is 752. The van der Waals surface area contributed by atoms with E-state index >= 15 is 0 Å². The smallest absolute Gasteiger partial charge is 0.233 e. The maximum atomic E-state index is 12.5. The third-order valence-electron chi connectivity index (χ3n) is 4.30. The minimum atomic E-state index is -0.101. The Balaban J connectivity index is 1.49. The lowest BCUT2D eigenvalue weighted by Crippen LogP contribution is -2.44. The molecule has 2 heterocycles. The standard InChI is InChI=1S/C19H20ClN3O3/c20-15-7-5-14(6-8-15)17(24)9-10-19(25)23-12-2-3-16(13-23)26-18-4-1-11-21-22-18/h1,4-8,11,16H,2-3,9-10,12-13H2. The maximum absolute atomic E-state index is 12.5.